The van der Waals surface area contributed by atoms with E-state index in [1.54, 1.807) is 48.5 Å². The molecule has 0 aliphatic carbocycles. The van der Waals surface area contributed by atoms with Crippen molar-refractivity contribution in [2.75, 3.05) is 25.6 Å². The van der Waals surface area contributed by atoms with Crippen LogP contribution in [0.25, 0.3) is 6.08 Å². The van der Waals surface area contributed by atoms with Crippen LogP contribution in [0.15, 0.2) is 48.5 Å². The molecule has 0 saturated heterocycles. The number of methoxy groups -OCH3 is 1. The van der Waals surface area contributed by atoms with Crippen molar-refractivity contribution in [1.29, 1.82) is 0 Å². The number of hydrogen-bond acceptors (Lipinski definition) is 6. The topological polar surface area (TPSA) is 83.1 Å². The summed E-state index contributed by atoms with van der Waals surface area (Å²) in [4.78, 5) is 24.3. The van der Waals surface area contributed by atoms with Gasteiger partial charge in [0.15, 0.2) is 17.6 Å². The van der Waals surface area contributed by atoms with E-state index in [2.05, 4.69) is 5.32 Å². The maximum Gasteiger partial charge on any atom is 0.331 e. The fraction of sp³-hybridized carbons (Fsp3) is 0.238. The van der Waals surface area contributed by atoms with Crippen LogP contribution in [0.2, 0.25) is 0 Å². The van der Waals surface area contributed by atoms with Gasteiger partial charge in [0.05, 0.1) is 12.8 Å². The standard InChI is InChI=1S/C21H21NO6/c1-14(21(24)22-16-5-3-4-6-17(16)25-2)28-20(23)10-8-15-7-9-18-19(13-15)27-12-11-26-18/h3-10,13-14H,11-12H2,1-2H3,(H,22,24)/b10-8+/t14-/m1/s1. The van der Waals surface area contributed by atoms with Crippen LogP contribution in [0.5, 0.6) is 17.2 Å². The van der Waals surface area contributed by atoms with Gasteiger partial charge in [-0.15, -0.1) is 0 Å². The number of anilines is 1. The molecule has 1 aliphatic heterocycles. The van der Waals surface area contributed by atoms with Crippen LogP contribution in [0.4, 0.5) is 5.69 Å². The molecule has 3 rings (SSSR count). The monoisotopic (exact) mass is 383 g/mol. The van der Waals surface area contributed by atoms with Gasteiger partial charge in [-0.1, -0.05) is 18.2 Å². The van der Waals surface area contributed by atoms with Gasteiger partial charge in [0.25, 0.3) is 5.91 Å². The third kappa shape index (κ3) is 4.82. The fourth-order valence-corrected chi connectivity index (χ4v) is 2.58. The molecule has 7 nitrogen and oxygen atoms in total. The van der Waals surface area contributed by atoms with Crippen LogP contribution in [-0.2, 0) is 14.3 Å². The van der Waals surface area contributed by atoms with E-state index in [4.69, 9.17) is 18.9 Å². The molecule has 1 N–H and O–H groups in total. The summed E-state index contributed by atoms with van der Waals surface area (Å²) in [7, 11) is 1.51. The van der Waals surface area contributed by atoms with E-state index in [1.165, 1.54) is 20.1 Å². The number of para-hydroxylation sites is 2. The zero-order valence-corrected chi connectivity index (χ0v) is 15.6. The Labute approximate surface area is 162 Å². The molecule has 1 amide bonds. The summed E-state index contributed by atoms with van der Waals surface area (Å²) in [5.74, 6) is 0.745. The number of hydrogen-bond donors (Lipinski definition) is 1. The highest BCUT2D eigenvalue weighted by Gasteiger charge is 2.18. The molecule has 7 heteroatoms. The van der Waals surface area contributed by atoms with Crippen molar-refractivity contribution in [2.45, 2.75) is 13.0 Å². The fourth-order valence-electron chi connectivity index (χ4n) is 2.58. The second-order valence-corrected chi connectivity index (χ2v) is 6.01. The lowest BCUT2D eigenvalue weighted by atomic mass is 10.2. The highest BCUT2D eigenvalue weighted by atomic mass is 16.6. The van der Waals surface area contributed by atoms with Crippen molar-refractivity contribution in [3.8, 4) is 17.2 Å². The van der Waals surface area contributed by atoms with Gasteiger partial charge < -0.3 is 24.3 Å². The minimum Gasteiger partial charge on any atom is -0.495 e. The highest BCUT2D eigenvalue weighted by Crippen LogP contribution is 2.31. The molecule has 28 heavy (non-hydrogen) atoms. The molecule has 0 bridgehead atoms. The Bertz CT molecular complexity index is 892. The summed E-state index contributed by atoms with van der Waals surface area (Å²) in [5, 5.41) is 2.68. The van der Waals surface area contributed by atoms with Gasteiger partial charge in [0.2, 0.25) is 0 Å². The molecule has 1 atom stereocenters. The Morgan fingerprint density at radius 1 is 1.11 bits per heavy atom. The Kier molecular flexibility index (Phi) is 6.16. The maximum absolute atomic E-state index is 12.3. The van der Waals surface area contributed by atoms with Crippen molar-refractivity contribution < 1.29 is 28.5 Å². The Morgan fingerprint density at radius 3 is 2.64 bits per heavy atom. The minimum atomic E-state index is -0.970. The van der Waals surface area contributed by atoms with Gasteiger partial charge in [0, 0.05) is 6.08 Å². The Morgan fingerprint density at radius 2 is 1.86 bits per heavy atom. The number of rotatable bonds is 6. The number of ether oxygens (including phenoxy) is 4. The molecule has 0 unspecified atom stereocenters. The first-order chi connectivity index (χ1) is 13.6. The van der Waals surface area contributed by atoms with E-state index < -0.39 is 18.0 Å². The summed E-state index contributed by atoms with van der Waals surface area (Å²) >= 11 is 0. The molecular formula is C21H21NO6. The summed E-state index contributed by atoms with van der Waals surface area (Å²) < 4.78 is 21.3. The highest BCUT2D eigenvalue weighted by molar-refractivity contribution is 5.97. The number of carbonyl (C=O) groups excluding carboxylic acids is 2. The van der Waals surface area contributed by atoms with E-state index >= 15 is 0 Å². The summed E-state index contributed by atoms with van der Waals surface area (Å²) in [6.07, 6.45) is 1.88. The average Bonchev–Trinajstić information content (AvgIpc) is 2.72. The van der Waals surface area contributed by atoms with E-state index in [-0.39, 0.29) is 0 Å². The first-order valence-corrected chi connectivity index (χ1v) is 8.79. The molecular weight excluding hydrogens is 362 g/mol. The molecule has 0 saturated carbocycles. The molecule has 0 aromatic heterocycles. The Balaban J connectivity index is 1.56. The molecule has 0 spiro atoms. The predicted molar refractivity (Wildman–Crippen MR) is 104 cm³/mol. The van der Waals surface area contributed by atoms with Crippen LogP contribution < -0.4 is 19.5 Å². The van der Waals surface area contributed by atoms with Crippen molar-refractivity contribution >= 4 is 23.6 Å². The van der Waals surface area contributed by atoms with Crippen molar-refractivity contribution in [2.24, 2.45) is 0 Å². The van der Waals surface area contributed by atoms with Gasteiger partial charge in [-0.05, 0) is 42.8 Å². The number of carbonyl (C=O) groups is 2. The number of amides is 1. The number of fused-ring (bicyclic) bond motifs is 1. The molecule has 1 heterocycles. The summed E-state index contributed by atoms with van der Waals surface area (Å²) in [6.45, 7) is 2.50. The quantitative estimate of drug-likeness (QED) is 0.610. The van der Waals surface area contributed by atoms with Crippen LogP contribution in [-0.4, -0.2) is 38.3 Å². The van der Waals surface area contributed by atoms with E-state index in [1.807, 2.05) is 0 Å². The molecule has 2 aromatic carbocycles. The largest absolute Gasteiger partial charge is 0.495 e. The minimum absolute atomic E-state index is 0.453. The Hall–Kier alpha value is -3.48. The predicted octanol–water partition coefficient (Wildman–Crippen LogP) is 3.05. The summed E-state index contributed by atoms with van der Waals surface area (Å²) in [5.41, 5.74) is 1.26. The first kappa shape index (κ1) is 19.3. The third-order valence-electron chi connectivity index (χ3n) is 4.01. The summed E-state index contributed by atoms with van der Waals surface area (Å²) in [6, 6.07) is 12.3. The molecule has 0 fully saturated rings. The van der Waals surface area contributed by atoms with Crippen LogP contribution in [0, 0.1) is 0 Å². The lowest BCUT2D eigenvalue weighted by Gasteiger charge is -2.18. The van der Waals surface area contributed by atoms with Crippen LogP contribution in [0.1, 0.15) is 12.5 Å². The molecule has 2 aromatic rings. The number of benzene rings is 2. The van der Waals surface area contributed by atoms with Gasteiger partial charge >= 0.3 is 5.97 Å². The smallest absolute Gasteiger partial charge is 0.331 e. The lowest BCUT2D eigenvalue weighted by molar-refractivity contribution is -0.148. The van der Waals surface area contributed by atoms with Gasteiger partial charge in [-0.3, -0.25) is 4.79 Å². The molecule has 0 radical (unpaired) electrons. The van der Waals surface area contributed by atoms with Gasteiger partial charge in [-0.25, -0.2) is 4.79 Å². The second kappa shape index (κ2) is 8.94. The zero-order chi connectivity index (χ0) is 19.9. The zero-order valence-electron chi connectivity index (χ0n) is 15.6. The number of nitrogens with one attached hydrogen (secondary N) is 1. The molecule has 1 aliphatic rings. The van der Waals surface area contributed by atoms with Gasteiger partial charge in [0.1, 0.15) is 19.0 Å². The first-order valence-electron chi connectivity index (χ1n) is 8.79. The number of esters is 1. The van der Waals surface area contributed by atoms with Crippen molar-refractivity contribution in [3.63, 3.8) is 0 Å². The SMILES string of the molecule is COc1ccccc1NC(=O)[C@@H](C)OC(=O)/C=C/c1ccc2c(c1)OCCO2. The van der Waals surface area contributed by atoms with E-state index in [9.17, 15) is 9.59 Å². The van der Waals surface area contributed by atoms with Crippen molar-refractivity contribution in [1.82, 2.24) is 0 Å². The average molecular weight is 383 g/mol. The normalized spacial score (nSPS) is 13.6. The maximum atomic E-state index is 12.3. The second-order valence-electron chi connectivity index (χ2n) is 6.01. The van der Waals surface area contributed by atoms with Gasteiger partial charge in [-0.2, -0.15) is 0 Å². The lowest BCUT2D eigenvalue weighted by Crippen LogP contribution is -2.29. The van der Waals surface area contributed by atoms with E-state index in [0.717, 1.165) is 5.56 Å². The van der Waals surface area contributed by atoms with Crippen LogP contribution in [0.3, 0.4) is 0 Å². The van der Waals surface area contributed by atoms with E-state index in [0.29, 0.717) is 36.1 Å². The van der Waals surface area contributed by atoms with Crippen molar-refractivity contribution in [3.05, 3.63) is 54.1 Å². The van der Waals surface area contributed by atoms with Crippen LogP contribution >= 0.6 is 0 Å². The molecule has 146 valence electrons. The third-order valence-corrected chi connectivity index (χ3v) is 4.01.